The molecule has 1 aromatic rings. The predicted octanol–water partition coefficient (Wildman–Crippen LogP) is 4.92. The van der Waals surface area contributed by atoms with Crippen LogP contribution in [0.2, 0.25) is 0 Å². The van der Waals surface area contributed by atoms with Crippen molar-refractivity contribution in [3.8, 4) is 0 Å². The molecular formula is C21H34N2O. The van der Waals surface area contributed by atoms with Gasteiger partial charge < -0.3 is 10.6 Å². The molecule has 3 heteroatoms. The molecule has 1 fully saturated rings. The third-order valence-electron chi connectivity index (χ3n) is 4.97. The number of aryl methyl sites for hydroxylation is 1. The summed E-state index contributed by atoms with van der Waals surface area (Å²) in [7, 11) is 0. The highest BCUT2D eigenvalue weighted by Crippen LogP contribution is 2.16. The number of hydrogen-bond donors (Lipinski definition) is 2. The van der Waals surface area contributed by atoms with E-state index in [2.05, 4.69) is 29.7 Å². The molecule has 1 atom stereocenters. The highest BCUT2D eigenvalue weighted by atomic mass is 16.1. The normalized spacial score (nSPS) is 17.1. The van der Waals surface area contributed by atoms with Crippen molar-refractivity contribution in [1.82, 2.24) is 5.32 Å². The minimum absolute atomic E-state index is 0.127. The maximum absolute atomic E-state index is 12.1. The second kappa shape index (κ2) is 11.2. The smallest absolute Gasteiger partial charge is 0.228 e. The lowest BCUT2D eigenvalue weighted by Gasteiger charge is -2.10. The van der Waals surface area contributed by atoms with Crippen molar-refractivity contribution in [2.75, 3.05) is 18.4 Å². The Labute approximate surface area is 147 Å². The lowest BCUT2D eigenvalue weighted by Crippen LogP contribution is -2.24. The Morgan fingerprint density at radius 2 is 1.71 bits per heavy atom. The number of carbonyl (C=O) groups excluding carboxylic acids is 1. The first-order valence-corrected chi connectivity index (χ1v) is 9.90. The maximum Gasteiger partial charge on any atom is 0.228 e. The zero-order chi connectivity index (χ0) is 17.0. The fourth-order valence-corrected chi connectivity index (χ4v) is 3.34. The molecule has 0 radical (unpaired) electrons. The highest BCUT2D eigenvalue weighted by Gasteiger charge is 2.22. The summed E-state index contributed by atoms with van der Waals surface area (Å²) in [5.74, 6) is 0.276. The number of amides is 1. The van der Waals surface area contributed by atoms with Crippen LogP contribution in [0.3, 0.4) is 0 Å². The molecule has 1 aliphatic rings. The lowest BCUT2D eigenvalue weighted by atomic mass is 10.0. The average Bonchev–Trinajstić information content (AvgIpc) is 3.13. The number of unbranched alkanes of at least 4 members (excludes halogenated alkanes) is 7. The third kappa shape index (κ3) is 7.04. The van der Waals surface area contributed by atoms with Gasteiger partial charge in [0.2, 0.25) is 5.91 Å². The van der Waals surface area contributed by atoms with Crippen LogP contribution in [0, 0.1) is 5.92 Å². The molecule has 0 saturated carbocycles. The van der Waals surface area contributed by atoms with Gasteiger partial charge in [-0.3, -0.25) is 4.79 Å². The van der Waals surface area contributed by atoms with Crippen LogP contribution >= 0.6 is 0 Å². The van der Waals surface area contributed by atoms with Gasteiger partial charge in [-0.15, -0.1) is 0 Å². The number of carbonyl (C=O) groups is 1. The third-order valence-corrected chi connectivity index (χ3v) is 4.97. The molecule has 3 nitrogen and oxygen atoms in total. The van der Waals surface area contributed by atoms with E-state index >= 15 is 0 Å². The molecule has 0 bridgehead atoms. The molecule has 2 rings (SSSR count). The van der Waals surface area contributed by atoms with Crippen LogP contribution in [0.5, 0.6) is 0 Å². The monoisotopic (exact) mass is 330 g/mol. The van der Waals surface area contributed by atoms with Crippen LogP contribution in [-0.2, 0) is 11.2 Å². The average molecular weight is 331 g/mol. The fourth-order valence-electron chi connectivity index (χ4n) is 3.34. The van der Waals surface area contributed by atoms with E-state index in [0.29, 0.717) is 0 Å². The van der Waals surface area contributed by atoms with E-state index in [1.165, 1.54) is 56.9 Å². The molecule has 0 aromatic heterocycles. The number of nitrogens with one attached hydrogen (secondary N) is 2. The van der Waals surface area contributed by atoms with Crippen LogP contribution in [0.25, 0.3) is 0 Å². The summed E-state index contributed by atoms with van der Waals surface area (Å²) in [6.07, 6.45) is 13.0. The highest BCUT2D eigenvalue weighted by molar-refractivity contribution is 5.92. The van der Waals surface area contributed by atoms with Crippen LogP contribution < -0.4 is 10.6 Å². The number of anilines is 1. The standard InChI is InChI=1S/C21H34N2O/c1-2-3-4-5-6-7-8-9-10-18-11-13-20(14-12-18)23-21(24)19-15-16-22-17-19/h11-14,19,22H,2-10,15-17H2,1H3,(H,23,24). The Kier molecular flexibility index (Phi) is 8.90. The summed E-state index contributed by atoms with van der Waals surface area (Å²) in [6.45, 7) is 4.03. The summed E-state index contributed by atoms with van der Waals surface area (Å²) in [5, 5.41) is 6.27. The second-order valence-corrected chi connectivity index (χ2v) is 7.10. The van der Waals surface area contributed by atoms with Gasteiger partial charge in [0, 0.05) is 12.2 Å². The molecule has 1 saturated heterocycles. The summed E-state index contributed by atoms with van der Waals surface area (Å²) in [5.41, 5.74) is 2.30. The van der Waals surface area contributed by atoms with Crippen molar-refractivity contribution >= 4 is 11.6 Å². The summed E-state index contributed by atoms with van der Waals surface area (Å²) < 4.78 is 0. The van der Waals surface area contributed by atoms with Crippen LogP contribution in [0.1, 0.15) is 70.3 Å². The molecule has 1 unspecified atom stereocenters. The molecule has 1 aromatic carbocycles. The number of hydrogen-bond acceptors (Lipinski definition) is 2. The van der Waals surface area contributed by atoms with Gasteiger partial charge in [0.25, 0.3) is 0 Å². The summed E-state index contributed by atoms with van der Waals surface area (Å²) >= 11 is 0. The summed E-state index contributed by atoms with van der Waals surface area (Å²) in [4.78, 5) is 12.1. The first kappa shape index (κ1) is 19.0. The van der Waals surface area contributed by atoms with Crippen LogP contribution in [-0.4, -0.2) is 19.0 Å². The second-order valence-electron chi connectivity index (χ2n) is 7.10. The minimum atomic E-state index is 0.127. The van der Waals surface area contributed by atoms with Gasteiger partial charge in [-0.2, -0.15) is 0 Å². The Hall–Kier alpha value is -1.35. The van der Waals surface area contributed by atoms with Gasteiger partial charge in [-0.1, -0.05) is 64.0 Å². The van der Waals surface area contributed by atoms with E-state index in [9.17, 15) is 4.79 Å². The van der Waals surface area contributed by atoms with E-state index in [-0.39, 0.29) is 11.8 Å². The van der Waals surface area contributed by atoms with Crippen LogP contribution in [0.4, 0.5) is 5.69 Å². The topological polar surface area (TPSA) is 41.1 Å². The van der Waals surface area contributed by atoms with Crippen molar-refractivity contribution in [2.45, 2.75) is 71.1 Å². The van der Waals surface area contributed by atoms with Gasteiger partial charge in [0.15, 0.2) is 0 Å². The Morgan fingerprint density at radius 1 is 1.04 bits per heavy atom. The van der Waals surface area contributed by atoms with E-state index in [1.54, 1.807) is 0 Å². The van der Waals surface area contributed by atoms with Crippen LogP contribution in [0.15, 0.2) is 24.3 Å². The molecule has 2 N–H and O–H groups in total. The maximum atomic E-state index is 12.1. The first-order valence-electron chi connectivity index (χ1n) is 9.90. The van der Waals surface area contributed by atoms with E-state index in [4.69, 9.17) is 0 Å². The number of benzene rings is 1. The fraction of sp³-hybridized carbons (Fsp3) is 0.667. The molecule has 1 heterocycles. The minimum Gasteiger partial charge on any atom is -0.326 e. The van der Waals surface area contributed by atoms with Crippen molar-refractivity contribution in [2.24, 2.45) is 5.92 Å². The number of rotatable bonds is 11. The van der Waals surface area contributed by atoms with Gasteiger partial charge in [-0.05, 0) is 43.5 Å². The van der Waals surface area contributed by atoms with Gasteiger partial charge >= 0.3 is 0 Å². The first-order chi connectivity index (χ1) is 11.8. The summed E-state index contributed by atoms with van der Waals surface area (Å²) in [6, 6.07) is 8.40. The van der Waals surface area contributed by atoms with Gasteiger partial charge in [0.1, 0.15) is 0 Å². The molecule has 1 aliphatic heterocycles. The Bertz CT molecular complexity index is 463. The van der Waals surface area contributed by atoms with Crippen molar-refractivity contribution in [3.05, 3.63) is 29.8 Å². The lowest BCUT2D eigenvalue weighted by molar-refractivity contribution is -0.119. The SMILES string of the molecule is CCCCCCCCCCc1ccc(NC(=O)C2CCNC2)cc1. The Balaban J connectivity index is 1.59. The molecule has 0 aliphatic carbocycles. The largest absolute Gasteiger partial charge is 0.326 e. The van der Waals surface area contributed by atoms with Crippen molar-refractivity contribution in [1.29, 1.82) is 0 Å². The van der Waals surface area contributed by atoms with Gasteiger partial charge in [0.05, 0.1) is 5.92 Å². The molecule has 24 heavy (non-hydrogen) atoms. The van der Waals surface area contributed by atoms with E-state index < -0.39 is 0 Å². The van der Waals surface area contributed by atoms with Crippen molar-refractivity contribution in [3.63, 3.8) is 0 Å². The zero-order valence-corrected chi connectivity index (χ0v) is 15.3. The molecule has 134 valence electrons. The Morgan fingerprint density at radius 3 is 2.33 bits per heavy atom. The van der Waals surface area contributed by atoms with E-state index in [0.717, 1.165) is 31.6 Å². The molecule has 0 spiro atoms. The van der Waals surface area contributed by atoms with E-state index in [1.807, 2.05) is 12.1 Å². The van der Waals surface area contributed by atoms with Crippen molar-refractivity contribution < 1.29 is 4.79 Å². The molecule has 1 amide bonds. The quantitative estimate of drug-likeness (QED) is 0.566. The van der Waals surface area contributed by atoms with Gasteiger partial charge in [-0.25, -0.2) is 0 Å². The predicted molar refractivity (Wildman–Crippen MR) is 102 cm³/mol. The zero-order valence-electron chi connectivity index (χ0n) is 15.3. The molecular weight excluding hydrogens is 296 g/mol.